The molecule has 0 aliphatic carbocycles. The summed E-state index contributed by atoms with van der Waals surface area (Å²) in [5.74, 6) is 0.158. The molecule has 1 atom stereocenters. The van der Waals surface area contributed by atoms with Crippen molar-refractivity contribution in [1.29, 1.82) is 0 Å². The van der Waals surface area contributed by atoms with Crippen LogP contribution in [0.15, 0.2) is 45.3 Å². The summed E-state index contributed by atoms with van der Waals surface area (Å²) in [6.45, 7) is 12.4. The Bertz CT molecular complexity index is 1600. The molecule has 2 aromatic carbocycles. The number of ether oxygens (including phenoxy) is 2. The van der Waals surface area contributed by atoms with Crippen LogP contribution in [-0.4, -0.2) is 145 Å². The van der Waals surface area contributed by atoms with Gasteiger partial charge in [0.1, 0.15) is 5.75 Å². The number of esters is 1. The first-order chi connectivity index (χ1) is 26.5. The van der Waals surface area contributed by atoms with Gasteiger partial charge in [-0.3, -0.25) is 14.5 Å². The van der Waals surface area contributed by atoms with Crippen LogP contribution in [0, 0.1) is 5.92 Å². The molecule has 4 aliphatic rings. The third-order valence-corrected chi connectivity index (χ3v) is 12.4. The summed E-state index contributed by atoms with van der Waals surface area (Å²) in [7, 11) is 1.40. The van der Waals surface area contributed by atoms with Gasteiger partial charge < -0.3 is 39.5 Å². The Balaban J connectivity index is 0.000000228. The number of urea groups is 1. The first-order valence-corrected chi connectivity index (χ1v) is 21.1. The maximum atomic E-state index is 13.0. The van der Waals surface area contributed by atoms with Crippen LogP contribution in [0.2, 0.25) is 0 Å². The van der Waals surface area contributed by atoms with Crippen molar-refractivity contribution < 1.29 is 33.8 Å². The molecular weight excluding hydrogens is 836 g/mol. The van der Waals surface area contributed by atoms with E-state index in [-0.39, 0.29) is 41.7 Å². The van der Waals surface area contributed by atoms with E-state index in [0.717, 1.165) is 89.2 Å². The fourth-order valence-electron chi connectivity index (χ4n) is 8.01. The smallest absolute Gasteiger partial charge is 0.409 e. The van der Waals surface area contributed by atoms with Gasteiger partial charge in [0.25, 0.3) is 0 Å². The van der Waals surface area contributed by atoms with Crippen molar-refractivity contribution in [2.24, 2.45) is 5.92 Å². The van der Waals surface area contributed by atoms with E-state index in [0.29, 0.717) is 54.1 Å². The van der Waals surface area contributed by atoms with E-state index in [1.165, 1.54) is 12.7 Å². The van der Waals surface area contributed by atoms with E-state index in [1.807, 2.05) is 54.0 Å². The van der Waals surface area contributed by atoms with Crippen molar-refractivity contribution in [3.8, 4) is 5.75 Å². The number of phenolic OH excluding ortho intramolecular Hbond substituents is 1. The molecule has 15 heteroatoms. The van der Waals surface area contributed by atoms with Crippen LogP contribution >= 0.6 is 31.9 Å². The molecule has 3 saturated heterocycles. The quantitative estimate of drug-likeness (QED) is 0.293. The zero-order valence-electron chi connectivity index (χ0n) is 32.3. The molecule has 0 spiro atoms. The Morgan fingerprint density at radius 1 is 0.891 bits per heavy atom. The number of carbonyl (C=O) groups excluding carboxylic acids is 4. The van der Waals surface area contributed by atoms with Gasteiger partial charge in [-0.1, -0.05) is 25.1 Å². The molecule has 2 aromatic rings. The van der Waals surface area contributed by atoms with Crippen LogP contribution in [0.4, 0.5) is 15.3 Å². The minimum absolute atomic E-state index is 0.0403. The summed E-state index contributed by atoms with van der Waals surface area (Å²) in [6, 6.07) is 12.4. The second kappa shape index (κ2) is 20.7. The molecule has 0 unspecified atom stereocenters. The number of nitrogens with one attached hydrogen (secondary N) is 1. The van der Waals surface area contributed by atoms with Crippen molar-refractivity contribution in [2.75, 3.05) is 84.5 Å². The van der Waals surface area contributed by atoms with Crippen LogP contribution in [0.25, 0.3) is 0 Å². The number of anilines is 1. The predicted molar refractivity (Wildman–Crippen MR) is 218 cm³/mol. The number of nitrogens with zero attached hydrogens (tertiary/aromatic N) is 5. The zero-order valence-corrected chi connectivity index (χ0v) is 35.5. The molecule has 2 N–H and O–H groups in total. The molecule has 13 nitrogen and oxygen atoms in total. The van der Waals surface area contributed by atoms with Crippen LogP contribution in [0.3, 0.4) is 0 Å². The summed E-state index contributed by atoms with van der Waals surface area (Å²) >= 11 is 6.73. The van der Waals surface area contributed by atoms with E-state index in [4.69, 9.17) is 9.47 Å². The standard InChI is InChI=1S/C24H35Br2N3O4.C16H21N3O3/c1-3-33-22(30)6-9-27-7-4-19(5-8-27)28-10-12-29(13-11-28)24(32)17(2)14-18-15-20(25)23(31)21(26)16-18;1-22-16(21)18-9-7-13(8-10-18)19-11-6-12-4-2-3-5-14(12)17-15(19)20/h15-17,19,31H,3-14H2,1-2H3;2-5,13H,6-11H2,1H3,(H,17,20)/t17-;/m1./s1. The van der Waals surface area contributed by atoms with Gasteiger partial charge in [0.05, 0.1) is 29.1 Å². The number of hydrogen-bond acceptors (Lipinski definition) is 9. The Hall–Kier alpha value is -3.40. The number of amides is 4. The topological polar surface area (TPSA) is 135 Å². The molecule has 55 heavy (non-hydrogen) atoms. The number of halogens is 2. The van der Waals surface area contributed by atoms with E-state index in [9.17, 15) is 24.3 Å². The van der Waals surface area contributed by atoms with Crippen molar-refractivity contribution in [1.82, 2.24) is 24.5 Å². The number of phenols is 1. The first-order valence-electron chi connectivity index (χ1n) is 19.5. The van der Waals surface area contributed by atoms with E-state index >= 15 is 0 Å². The summed E-state index contributed by atoms with van der Waals surface area (Å²) in [6.07, 6.45) is 5.47. The Kier molecular flexibility index (Phi) is 16.1. The summed E-state index contributed by atoms with van der Waals surface area (Å²) < 4.78 is 11.0. The highest BCUT2D eigenvalue weighted by molar-refractivity contribution is 9.11. The second-order valence-electron chi connectivity index (χ2n) is 14.7. The molecule has 3 fully saturated rings. The molecular formula is C40H56Br2N6O7. The van der Waals surface area contributed by atoms with Crippen LogP contribution in [0.1, 0.15) is 57.1 Å². The van der Waals surface area contributed by atoms with Gasteiger partial charge in [0, 0.05) is 76.0 Å². The number of piperazine rings is 1. The molecule has 4 heterocycles. The lowest BCUT2D eigenvalue weighted by Crippen LogP contribution is -2.55. The van der Waals surface area contributed by atoms with Crippen molar-refractivity contribution >= 4 is 61.5 Å². The summed E-state index contributed by atoms with van der Waals surface area (Å²) in [4.78, 5) is 59.1. The minimum Gasteiger partial charge on any atom is -0.506 e. The number of fused-ring (bicyclic) bond motifs is 1. The normalized spacial score (nSPS) is 19.4. The lowest BCUT2D eigenvalue weighted by molar-refractivity contribution is -0.143. The van der Waals surface area contributed by atoms with Gasteiger partial charge in [-0.15, -0.1) is 0 Å². The number of aromatic hydroxyl groups is 1. The van der Waals surface area contributed by atoms with Gasteiger partial charge in [-0.2, -0.15) is 0 Å². The predicted octanol–water partition coefficient (Wildman–Crippen LogP) is 5.97. The number of likely N-dealkylation sites (tertiary alicyclic amines) is 2. The molecule has 0 aromatic heterocycles. The van der Waals surface area contributed by atoms with Gasteiger partial charge in [0.2, 0.25) is 5.91 Å². The number of benzene rings is 2. The SMILES string of the molecule is CCOC(=O)CCN1CCC(N2CCN(C(=O)[C@H](C)Cc3cc(Br)c(O)c(Br)c3)CC2)CC1.COC(=O)N1CCC(N2CCc3ccccc3NC2=O)CC1. The highest BCUT2D eigenvalue weighted by atomic mass is 79.9. The number of para-hydroxylation sites is 1. The lowest BCUT2D eigenvalue weighted by Gasteiger charge is -2.43. The summed E-state index contributed by atoms with van der Waals surface area (Å²) in [5, 5.41) is 12.9. The average molecular weight is 893 g/mol. The first kappa shape index (κ1) is 42.7. The molecule has 4 aliphatic heterocycles. The average Bonchev–Trinajstić information content (AvgIpc) is 3.37. The minimum atomic E-state index is -0.286. The van der Waals surface area contributed by atoms with Gasteiger partial charge >= 0.3 is 18.1 Å². The van der Waals surface area contributed by atoms with Gasteiger partial charge in [-0.05, 0) is 120 Å². The third kappa shape index (κ3) is 11.8. The fraction of sp³-hybridized carbons (Fsp3) is 0.600. The number of methoxy groups -OCH3 is 1. The fourth-order valence-corrected chi connectivity index (χ4v) is 9.30. The Morgan fingerprint density at radius 2 is 1.53 bits per heavy atom. The van der Waals surface area contributed by atoms with E-state index < -0.39 is 0 Å². The third-order valence-electron chi connectivity index (χ3n) is 11.2. The van der Waals surface area contributed by atoms with Crippen LogP contribution < -0.4 is 5.32 Å². The summed E-state index contributed by atoms with van der Waals surface area (Å²) in [5.41, 5.74) is 3.09. The zero-order chi connectivity index (χ0) is 39.5. The van der Waals surface area contributed by atoms with E-state index in [2.05, 4.69) is 53.0 Å². The van der Waals surface area contributed by atoms with Crippen LogP contribution in [0.5, 0.6) is 5.75 Å². The van der Waals surface area contributed by atoms with Gasteiger partial charge in [0.15, 0.2) is 0 Å². The molecule has 0 saturated carbocycles. The number of rotatable bonds is 9. The number of hydrogen-bond donors (Lipinski definition) is 2. The highest BCUT2D eigenvalue weighted by Gasteiger charge is 2.32. The van der Waals surface area contributed by atoms with Gasteiger partial charge in [-0.25, -0.2) is 9.59 Å². The van der Waals surface area contributed by atoms with Crippen LogP contribution in [-0.2, 0) is 31.9 Å². The molecule has 302 valence electrons. The van der Waals surface area contributed by atoms with Crippen molar-refractivity contribution in [3.05, 3.63) is 56.5 Å². The number of carbonyl (C=O) groups is 4. The maximum absolute atomic E-state index is 13.0. The maximum Gasteiger partial charge on any atom is 0.409 e. The van der Waals surface area contributed by atoms with Crippen molar-refractivity contribution in [3.63, 3.8) is 0 Å². The lowest BCUT2D eigenvalue weighted by atomic mass is 9.98. The largest absolute Gasteiger partial charge is 0.506 e. The highest BCUT2D eigenvalue weighted by Crippen LogP contribution is 2.34. The molecule has 0 radical (unpaired) electrons. The monoisotopic (exact) mass is 890 g/mol. The molecule has 0 bridgehead atoms. The Labute approximate surface area is 341 Å². The molecule has 6 rings (SSSR count). The number of piperidine rings is 2. The molecule has 4 amide bonds. The van der Waals surface area contributed by atoms with E-state index in [1.54, 1.807) is 4.90 Å². The second-order valence-corrected chi connectivity index (χ2v) is 16.4. The Morgan fingerprint density at radius 3 is 2.16 bits per heavy atom. The van der Waals surface area contributed by atoms with Crippen molar-refractivity contribution in [2.45, 2.75) is 70.9 Å².